The van der Waals surface area contributed by atoms with E-state index < -0.39 is 0 Å². The molecule has 2 bridgehead atoms. The number of para-hydroxylation sites is 1. The molecule has 1 amide bonds. The minimum Gasteiger partial charge on any atom is -0.462 e. The van der Waals surface area contributed by atoms with Crippen LogP contribution in [0.2, 0.25) is 5.02 Å². The topological polar surface area (TPSA) is 55.4 Å². The molecule has 3 aliphatic rings. The van der Waals surface area contributed by atoms with Gasteiger partial charge in [-0.05, 0) is 30.9 Å². The largest absolute Gasteiger partial charge is 0.462 e. The molecule has 0 radical (unpaired) electrons. The average Bonchev–Trinajstić information content (AvgIpc) is 3.02. The van der Waals surface area contributed by atoms with Gasteiger partial charge in [0.2, 0.25) is 5.91 Å². The SMILES string of the molecule is O=C(Nc1ccccc1Cl)[C@H]1[C@@H]2C[C@H]3[C@@H]1C(=O)O[C@@H]3C2. The molecule has 1 aliphatic heterocycles. The molecule has 20 heavy (non-hydrogen) atoms. The predicted octanol–water partition coefficient (Wildman–Crippen LogP) is 2.48. The third kappa shape index (κ3) is 1.61. The van der Waals surface area contributed by atoms with E-state index in [1.807, 2.05) is 12.1 Å². The van der Waals surface area contributed by atoms with Crippen LogP contribution in [-0.2, 0) is 14.3 Å². The summed E-state index contributed by atoms with van der Waals surface area (Å²) in [6, 6.07) is 7.14. The van der Waals surface area contributed by atoms with Crippen molar-refractivity contribution in [3.8, 4) is 0 Å². The van der Waals surface area contributed by atoms with Gasteiger partial charge in [-0.2, -0.15) is 0 Å². The van der Waals surface area contributed by atoms with E-state index in [1.165, 1.54) is 0 Å². The van der Waals surface area contributed by atoms with Gasteiger partial charge in [0.1, 0.15) is 6.10 Å². The minimum atomic E-state index is -0.262. The molecule has 4 rings (SSSR count). The fraction of sp³-hybridized carbons (Fsp3) is 0.467. The summed E-state index contributed by atoms with van der Waals surface area (Å²) >= 11 is 6.05. The molecule has 0 aromatic heterocycles. The summed E-state index contributed by atoms with van der Waals surface area (Å²) < 4.78 is 5.35. The summed E-state index contributed by atoms with van der Waals surface area (Å²) in [7, 11) is 0. The van der Waals surface area contributed by atoms with Crippen molar-refractivity contribution in [2.75, 3.05) is 5.32 Å². The standard InChI is InChI=1S/C15H14ClNO3/c16-9-3-1-2-4-10(9)17-14(18)12-7-5-8-11(6-7)20-15(19)13(8)12/h1-4,7-8,11-13H,5-6H2,(H,17,18)/t7-,8-,11-,12+,13+/m1/s1. The van der Waals surface area contributed by atoms with Crippen LogP contribution in [0.1, 0.15) is 12.8 Å². The van der Waals surface area contributed by atoms with Crippen LogP contribution in [0.4, 0.5) is 5.69 Å². The Labute approximate surface area is 121 Å². The van der Waals surface area contributed by atoms with Crippen LogP contribution < -0.4 is 5.32 Å². The Hall–Kier alpha value is -1.55. The Morgan fingerprint density at radius 1 is 1.30 bits per heavy atom. The van der Waals surface area contributed by atoms with Gasteiger partial charge in [0, 0.05) is 5.92 Å². The van der Waals surface area contributed by atoms with Gasteiger partial charge in [-0.25, -0.2) is 0 Å². The number of hydrogen-bond acceptors (Lipinski definition) is 3. The second-order valence-electron chi connectivity index (χ2n) is 5.89. The number of amides is 1. The normalized spacial score (nSPS) is 37.0. The molecule has 5 heteroatoms. The number of benzene rings is 1. The van der Waals surface area contributed by atoms with E-state index >= 15 is 0 Å². The summed E-state index contributed by atoms with van der Waals surface area (Å²) in [6.07, 6.45) is 1.82. The molecule has 1 saturated heterocycles. The number of carbonyl (C=O) groups is 2. The maximum Gasteiger partial charge on any atom is 0.310 e. The van der Waals surface area contributed by atoms with Gasteiger partial charge >= 0.3 is 5.97 Å². The molecule has 0 unspecified atom stereocenters. The van der Waals surface area contributed by atoms with Gasteiger partial charge in [-0.15, -0.1) is 0 Å². The van der Waals surface area contributed by atoms with Crippen LogP contribution in [0.5, 0.6) is 0 Å². The van der Waals surface area contributed by atoms with Gasteiger partial charge in [0.25, 0.3) is 0 Å². The number of ether oxygens (including phenoxy) is 1. The van der Waals surface area contributed by atoms with Crippen LogP contribution in [-0.4, -0.2) is 18.0 Å². The molecule has 3 fully saturated rings. The number of nitrogens with one attached hydrogen (secondary N) is 1. The predicted molar refractivity (Wildman–Crippen MR) is 73.2 cm³/mol. The molecule has 2 saturated carbocycles. The maximum absolute atomic E-state index is 12.5. The lowest BCUT2D eigenvalue weighted by Gasteiger charge is -2.23. The monoisotopic (exact) mass is 291 g/mol. The highest BCUT2D eigenvalue weighted by molar-refractivity contribution is 6.33. The molecule has 2 aliphatic carbocycles. The minimum absolute atomic E-state index is 0.0573. The summed E-state index contributed by atoms with van der Waals surface area (Å²) in [4.78, 5) is 24.4. The van der Waals surface area contributed by atoms with E-state index in [9.17, 15) is 9.59 Å². The van der Waals surface area contributed by atoms with Crippen LogP contribution >= 0.6 is 11.6 Å². The van der Waals surface area contributed by atoms with E-state index in [0.717, 1.165) is 12.8 Å². The maximum atomic E-state index is 12.5. The number of anilines is 1. The van der Waals surface area contributed by atoms with Crippen LogP contribution in [0, 0.1) is 23.7 Å². The molecule has 4 nitrogen and oxygen atoms in total. The van der Waals surface area contributed by atoms with Crippen molar-refractivity contribution >= 4 is 29.2 Å². The van der Waals surface area contributed by atoms with Crippen molar-refractivity contribution in [3.05, 3.63) is 29.3 Å². The zero-order valence-corrected chi connectivity index (χ0v) is 11.5. The van der Waals surface area contributed by atoms with Crippen molar-refractivity contribution in [2.45, 2.75) is 18.9 Å². The van der Waals surface area contributed by atoms with Gasteiger partial charge in [-0.3, -0.25) is 9.59 Å². The van der Waals surface area contributed by atoms with Crippen molar-refractivity contribution in [1.82, 2.24) is 0 Å². The second-order valence-corrected chi connectivity index (χ2v) is 6.30. The van der Waals surface area contributed by atoms with Crippen LogP contribution in [0.25, 0.3) is 0 Å². The summed E-state index contributed by atoms with van der Waals surface area (Å²) in [5, 5.41) is 3.37. The molecular formula is C15H14ClNO3. The lowest BCUT2D eigenvalue weighted by Crippen LogP contribution is -2.35. The molecular weight excluding hydrogens is 278 g/mol. The zero-order chi connectivity index (χ0) is 13.9. The number of carbonyl (C=O) groups excluding carboxylic acids is 2. The first-order valence-corrected chi connectivity index (χ1v) is 7.29. The Kier molecular flexibility index (Phi) is 2.58. The second kappa shape index (κ2) is 4.22. The average molecular weight is 292 g/mol. The number of rotatable bonds is 2. The van der Waals surface area contributed by atoms with Crippen LogP contribution in [0.3, 0.4) is 0 Å². The van der Waals surface area contributed by atoms with E-state index in [-0.39, 0.29) is 41.7 Å². The number of fused-ring (bicyclic) bond motifs is 1. The van der Waals surface area contributed by atoms with Crippen molar-refractivity contribution < 1.29 is 14.3 Å². The number of hydrogen-bond donors (Lipinski definition) is 1. The fourth-order valence-electron chi connectivity index (χ4n) is 4.14. The van der Waals surface area contributed by atoms with Gasteiger partial charge < -0.3 is 10.1 Å². The fourth-order valence-corrected chi connectivity index (χ4v) is 4.32. The number of halogens is 1. The first-order chi connectivity index (χ1) is 9.65. The highest BCUT2D eigenvalue weighted by Crippen LogP contribution is 2.57. The lowest BCUT2D eigenvalue weighted by molar-refractivity contribution is -0.145. The molecule has 104 valence electrons. The number of esters is 1. The first-order valence-electron chi connectivity index (χ1n) is 6.91. The molecule has 1 heterocycles. The highest BCUT2D eigenvalue weighted by atomic mass is 35.5. The smallest absolute Gasteiger partial charge is 0.310 e. The van der Waals surface area contributed by atoms with Crippen LogP contribution in [0.15, 0.2) is 24.3 Å². The summed E-state index contributed by atoms with van der Waals surface area (Å²) in [5.41, 5.74) is 0.602. The zero-order valence-electron chi connectivity index (χ0n) is 10.7. The molecule has 1 N–H and O–H groups in total. The summed E-state index contributed by atoms with van der Waals surface area (Å²) in [6.45, 7) is 0. The van der Waals surface area contributed by atoms with Gasteiger partial charge in [-0.1, -0.05) is 23.7 Å². The molecule has 0 spiro atoms. The molecule has 1 aromatic rings. The quantitative estimate of drug-likeness (QED) is 0.852. The Morgan fingerprint density at radius 2 is 2.10 bits per heavy atom. The van der Waals surface area contributed by atoms with E-state index in [0.29, 0.717) is 10.7 Å². The van der Waals surface area contributed by atoms with E-state index in [2.05, 4.69) is 5.32 Å². The van der Waals surface area contributed by atoms with Crippen molar-refractivity contribution in [3.63, 3.8) is 0 Å². The Morgan fingerprint density at radius 3 is 2.90 bits per heavy atom. The van der Waals surface area contributed by atoms with Crippen molar-refractivity contribution in [2.24, 2.45) is 23.7 Å². The Balaban J connectivity index is 1.58. The molecule has 1 aromatic carbocycles. The molecule has 5 atom stereocenters. The highest BCUT2D eigenvalue weighted by Gasteiger charge is 2.63. The van der Waals surface area contributed by atoms with E-state index in [4.69, 9.17) is 16.3 Å². The summed E-state index contributed by atoms with van der Waals surface area (Å²) in [5.74, 6) is -0.297. The third-order valence-electron chi connectivity index (χ3n) is 4.92. The first kappa shape index (κ1) is 12.2. The Bertz CT molecular complexity index is 601. The van der Waals surface area contributed by atoms with Crippen molar-refractivity contribution in [1.29, 1.82) is 0 Å². The van der Waals surface area contributed by atoms with E-state index in [1.54, 1.807) is 12.1 Å². The van der Waals surface area contributed by atoms with Gasteiger partial charge in [0.15, 0.2) is 0 Å². The lowest BCUT2D eigenvalue weighted by atomic mass is 9.79. The van der Waals surface area contributed by atoms with Gasteiger partial charge in [0.05, 0.1) is 22.5 Å². The third-order valence-corrected chi connectivity index (χ3v) is 5.25.